The zero-order valence-corrected chi connectivity index (χ0v) is 15.9. The second-order valence-corrected chi connectivity index (χ2v) is 7.11. The summed E-state index contributed by atoms with van der Waals surface area (Å²) in [5.41, 5.74) is 0. The van der Waals surface area contributed by atoms with E-state index in [0.29, 0.717) is 0 Å². The summed E-state index contributed by atoms with van der Waals surface area (Å²) < 4.78 is 0. The van der Waals surface area contributed by atoms with E-state index in [9.17, 15) is 0 Å². The molecule has 0 saturated carbocycles. The van der Waals surface area contributed by atoms with Gasteiger partial charge in [-0.25, -0.2) is 0 Å². The second-order valence-electron chi connectivity index (χ2n) is 5.59. The Morgan fingerprint density at radius 1 is 0.722 bits per heavy atom. The van der Waals surface area contributed by atoms with Crippen LogP contribution in [0.15, 0.2) is 0 Å². The van der Waals surface area contributed by atoms with E-state index in [1.807, 2.05) is 0 Å². The first kappa shape index (κ1) is 21.3. The van der Waals surface area contributed by atoms with Crippen LogP contribution in [0.4, 0.5) is 0 Å². The Kier molecular flexibility index (Phi) is 19.0. The first-order valence-electron chi connectivity index (χ1n) is 8.09. The summed E-state index contributed by atoms with van der Waals surface area (Å²) in [6.45, 7) is 9.40. The fourth-order valence-electron chi connectivity index (χ4n) is 2.53. The summed E-state index contributed by atoms with van der Waals surface area (Å²) in [6.07, 6.45) is 11.5. The van der Waals surface area contributed by atoms with Crippen LogP contribution in [0.3, 0.4) is 0 Å². The molecule has 0 amide bonds. The van der Waals surface area contributed by atoms with Crippen molar-refractivity contribution < 1.29 is 17.0 Å². The summed E-state index contributed by atoms with van der Waals surface area (Å²) in [5.74, 6) is 2.10. The molecule has 108 valence electrons. The summed E-state index contributed by atoms with van der Waals surface area (Å²) in [6, 6.07) is 0. The van der Waals surface area contributed by atoms with E-state index >= 15 is 0 Å². The Morgan fingerprint density at radius 3 is 1.39 bits per heavy atom. The molecule has 0 bridgehead atoms. The van der Waals surface area contributed by atoms with Crippen molar-refractivity contribution in [3.8, 4) is 0 Å². The van der Waals surface area contributed by atoms with Crippen LogP contribution in [0.1, 0.15) is 79.1 Å². The topological polar surface area (TPSA) is 0 Å². The molecule has 18 heavy (non-hydrogen) atoms. The monoisotopic (exact) mass is 332 g/mol. The van der Waals surface area contributed by atoms with Crippen LogP contribution in [0, 0.1) is 11.8 Å². The van der Waals surface area contributed by atoms with Crippen LogP contribution in [-0.2, 0) is 0 Å². The zero-order valence-electron chi connectivity index (χ0n) is 13.2. The molecule has 0 aromatic rings. The van der Waals surface area contributed by atoms with E-state index < -0.39 is 0 Å². The second kappa shape index (κ2) is 16.1. The average Bonchev–Trinajstić information content (AvgIpc) is 2.37. The minimum absolute atomic E-state index is 0. The predicted octanol–water partition coefficient (Wildman–Crippen LogP) is 2.96. The molecule has 0 aromatic heterocycles. The standard InChI is InChI=1S/2C8H17.Al.BrH/c2*1-4-6-7-8(3)5-2;;/h2*8H,3-7H2,1-2H3;;1H/q;;+1;/p-1. The molecule has 0 N–H and O–H groups in total. The van der Waals surface area contributed by atoms with Crippen molar-refractivity contribution >= 4 is 15.2 Å². The van der Waals surface area contributed by atoms with Gasteiger partial charge in [0.15, 0.2) is 0 Å². The maximum atomic E-state index is 2.38. The van der Waals surface area contributed by atoms with Crippen LogP contribution in [-0.4, -0.2) is 15.2 Å². The van der Waals surface area contributed by atoms with Crippen molar-refractivity contribution in [2.45, 2.75) is 89.6 Å². The fraction of sp³-hybridized carbons (Fsp3) is 1.00. The van der Waals surface area contributed by atoms with Crippen molar-refractivity contribution in [3.05, 3.63) is 0 Å². The fourth-order valence-corrected chi connectivity index (χ4v) is 4.80. The predicted molar refractivity (Wildman–Crippen MR) is 82.0 cm³/mol. The van der Waals surface area contributed by atoms with Gasteiger partial charge in [0.25, 0.3) is 0 Å². The third-order valence-corrected chi connectivity index (χ3v) is 6.09. The van der Waals surface area contributed by atoms with E-state index in [1.165, 1.54) is 51.4 Å². The normalized spacial score (nSPS) is 13.6. The number of halogens is 1. The molecule has 2 atom stereocenters. The first-order valence-corrected chi connectivity index (χ1v) is 9.73. The van der Waals surface area contributed by atoms with Crippen molar-refractivity contribution in [1.29, 1.82) is 0 Å². The molecule has 2 heteroatoms. The van der Waals surface area contributed by atoms with Crippen molar-refractivity contribution in [2.75, 3.05) is 0 Å². The molecular weight excluding hydrogens is 299 g/mol. The maximum Gasteiger partial charge on any atom is -1.00 e. The molecule has 0 saturated heterocycles. The van der Waals surface area contributed by atoms with Gasteiger partial charge in [0.2, 0.25) is 0 Å². The van der Waals surface area contributed by atoms with Gasteiger partial charge in [0.05, 0.1) is 0 Å². The van der Waals surface area contributed by atoms with Gasteiger partial charge in [-0.15, -0.1) is 0 Å². The van der Waals surface area contributed by atoms with Crippen LogP contribution in [0.2, 0.25) is 10.6 Å². The molecule has 0 nitrogen and oxygen atoms in total. The van der Waals surface area contributed by atoms with Gasteiger partial charge < -0.3 is 17.0 Å². The number of unbranched alkanes of at least 4 members (excludes halogenated alkanes) is 2. The third kappa shape index (κ3) is 12.1. The van der Waals surface area contributed by atoms with Gasteiger partial charge in [-0.05, 0) is 0 Å². The molecule has 0 aliphatic rings. The molecule has 0 aromatic carbocycles. The molecular formula is C16H34AlBr. The molecule has 0 heterocycles. The van der Waals surface area contributed by atoms with Crippen LogP contribution < -0.4 is 17.0 Å². The SMILES string of the molecule is CCCCC(CC)[CH2][Al+][CH2]C(CC)CCCC.[Br-]. The first-order chi connectivity index (χ1) is 8.28. The maximum absolute atomic E-state index is 2.38. The molecule has 0 rings (SSSR count). The van der Waals surface area contributed by atoms with Crippen LogP contribution >= 0.6 is 0 Å². The van der Waals surface area contributed by atoms with Crippen molar-refractivity contribution in [3.63, 3.8) is 0 Å². The number of rotatable bonds is 12. The molecule has 0 aliphatic carbocycles. The minimum Gasteiger partial charge on any atom is -1.00 e. The summed E-state index contributed by atoms with van der Waals surface area (Å²) >= 11 is 0.734. The Bertz CT molecular complexity index is 134. The third-order valence-electron chi connectivity index (χ3n) is 4.09. The van der Waals surface area contributed by atoms with E-state index in [1.54, 1.807) is 10.6 Å². The van der Waals surface area contributed by atoms with E-state index in [-0.39, 0.29) is 17.0 Å². The van der Waals surface area contributed by atoms with Gasteiger partial charge in [-0.1, -0.05) is 0 Å². The number of hydrogen-bond donors (Lipinski definition) is 0. The molecule has 0 radical (unpaired) electrons. The molecule has 0 spiro atoms. The Balaban J connectivity index is 0. The molecule has 0 aliphatic heterocycles. The molecule has 2 unspecified atom stereocenters. The Morgan fingerprint density at radius 2 is 1.11 bits per heavy atom. The Labute approximate surface area is 133 Å². The molecule has 0 fully saturated rings. The summed E-state index contributed by atoms with van der Waals surface area (Å²) in [5, 5.41) is 3.14. The van der Waals surface area contributed by atoms with Crippen LogP contribution in [0.25, 0.3) is 0 Å². The minimum atomic E-state index is 0. The van der Waals surface area contributed by atoms with Gasteiger partial charge in [0, 0.05) is 0 Å². The summed E-state index contributed by atoms with van der Waals surface area (Å²) in [7, 11) is 0. The average molecular weight is 333 g/mol. The van der Waals surface area contributed by atoms with Crippen molar-refractivity contribution in [1.82, 2.24) is 0 Å². The van der Waals surface area contributed by atoms with Gasteiger partial charge in [-0.2, -0.15) is 0 Å². The summed E-state index contributed by atoms with van der Waals surface area (Å²) in [4.78, 5) is 0. The number of hydrogen-bond acceptors (Lipinski definition) is 0. The van der Waals surface area contributed by atoms with E-state index in [4.69, 9.17) is 0 Å². The van der Waals surface area contributed by atoms with E-state index in [2.05, 4.69) is 27.7 Å². The quantitative estimate of drug-likeness (QED) is 0.482. The largest absolute Gasteiger partial charge is 1.00 e. The van der Waals surface area contributed by atoms with Gasteiger partial charge in [0.1, 0.15) is 0 Å². The van der Waals surface area contributed by atoms with Crippen LogP contribution in [0.5, 0.6) is 0 Å². The smallest absolute Gasteiger partial charge is 1.00 e. The van der Waals surface area contributed by atoms with E-state index in [0.717, 1.165) is 27.1 Å². The van der Waals surface area contributed by atoms with Gasteiger partial charge in [-0.3, -0.25) is 0 Å². The van der Waals surface area contributed by atoms with Crippen molar-refractivity contribution in [2.24, 2.45) is 11.8 Å². The Hall–Kier alpha value is 1.01. The van der Waals surface area contributed by atoms with Gasteiger partial charge >= 0.3 is 117 Å². The zero-order chi connectivity index (χ0) is 12.9.